The molecular weight excluding hydrogens is 302 g/mol. The van der Waals surface area contributed by atoms with Crippen LogP contribution < -0.4 is 0 Å². The first kappa shape index (κ1) is 16.6. The van der Waals surface area contributed by atoms with Crippen LogP contribution in [0.25, 0.3) is 11.3 Å². The lowest BCUT2D eigenvalue weighted by Crippen LogP contribution is -2.45. The molecule has 2 aromatic heterocycles. The van der Waals surface area contributed by atoms with Crippen LogP contribution in [0.5, 0.6) is 0 Å². The number of H-pyrrole nitrogens is 1. The van der Waals surface area contributed by atoms with Gasteiger partial charge < -0.3 is 4.90 Å². The summed E-state index contributed by atoms with van der Waals surface area (Å²) in [7, 11) is 0. The lowest BCUT2D eigenvalue weighted by Gasteiger charge is -2.36. The molecular formula is C18H25N5O. The van der Waals surface area contributed by atoms with E-state index in [1.165, 1.54) is 0 Å². The highest BCUT2D eigenvalue weighted by Crippen LogP contribution is 2.25. The molecule has 0 spiro atoms. The Morgan fingerprint density at radius 3 is 2.75 bits per heavy atom. The number of nitrogens with one attached hydrogen (secondary N) is 1. The van der Waals surface area contributed by atoms with E-state index in [1.54, 1.807) is 18.6 Å². The monoisotopic (exact) mass is 327 g/mol. The first-order valence-corrected chi connectivity index (χ1v) is 8.53. The van der Waals surface area contributed by atoms with E-state index in [1.807, 2.05) is 31.9 Å². The minimum Gasteiger partial charge on any atom is -0.342 e. The minimum atomic E-state index is -0.312. The van der Waals surface area contributed by atoms with Crippen LogP contribution in [0.2, 0.25) is 0 Å². The average molecular weight is 327 g/mol. The average Bonchev–Trinajstić information content (AvgIpc) is 3.09. The van der Waals surface area contributed by atoms with Gasteiger partial charge in [-0.1, -0.05) is 20.8 Å². The molecule has 0 radical (unpaired) electrons. The Bertz CT molecular complexity index is 672. The molecule has 6 heteroatoms. The number of hydrogen-bond acceptors (Lipinski definition) is 4. The molecule has 24 heavy (non-hydrogen) atoms. The molecule has 1 amide bonds. The van der Waals surface area contributed by atoms with Crippen molar-refractivity contribution >= 4 is 5.91 Å². The molecule has 0 aromatic carbocycles. The van der Waals surface area contributed by atoms with Gasteiger partial charge in [-0.3, -0.25) is 19.9 Å². The third-order valence-electron chi connectivity index (χ3n) is 4.44. The van der Waals surface area contributed by atoms with E-state index >= 15 is 0 Å². The Morgan fingerprint density at radius 1 is 1.29 bits per heavy atom. The summed E-state index contributed by atoms with van der Waals surface area (Å²) in [6, 6.07) is 0. The van der Waals surface area contributed by atoms with Crippen LogP contribution in [-0.2, 0) is 11.2 Å². The zero-order valence-electron chi connectivity index (χ0n) is 14.6. The highest BCUT2D eigenvalue weighted by molar-refractivity contribution is 5.81. The lowest BCUT2D eigenvalue weighted by molar-refractivity contribution is -0.141. The molecule has 1 aliphatic rings. The fourth-order valence-electron chi connectivity index (χ4n) is 3.19. The van der Waals surface area contributed by atoms with Crippen molar-refractivity contribution in [1.29, 1.82) is 0 Å². The second kappa shape index (κ2) is 6.71. The Labute approximate surface area is 142 Å². The summed E-state index contributed by atoms with van der Waals surface area (Å²) in [5.41, 5.74) is 2.43. The molecule has 0 saturated carbocycles. The third kappa shape index (κ3) is 3.80. The van der Waals surface area contributed by atoms with Crippen molar-refractivity contribution in [3.05, 3.63) is 30.5 Å². The van der Waals surface area contributed by atoms with E-state index in [2.05, 4.69) is 20.2 Å². The van der Waals surface area contributed by atoms with Gasteiger partial charge in [0.25, 0.3) is 0 Å². The number of aromatic nitrogens is 4. The van der Waals surface area contributed by atoms with Crippen LogP contribution in [0.3, 0.4) is 0 Å². The molecule has 1 atom stereocenters. The highest BCUT2D eigenvalue weighted by Gasteiger charge is 2.31. The fraction of sp³-hybridized carbons (Fsp3) is 0.556. The van der Waals surface area contributed by atoms with Crippen LogP contribution in [-0.4, -0.2) is 44.1 Å². The minimum absolute atomic E-state index is 0.244. The maximum atomic E-state index is 12.5. The number of carbonyl (C=O) groups excluding carboxylic acids is 1. The van der Waals surface area contributed by atoms with Gasteiger partial charge in [-0.2, -0.15) is 5.10 Å². The van der Waals surface area contributed by atoms with Crippen LogP contribution >= 0.6 is 0 Å². The van der Waals surface area contributed by atoms with Crippen LogP contribution in [0.15, 0.2) is 24.8 Å². The molecule has 1 N–H and O–H groups in total. The van der Waals surface area contributed by atoms with Gasteiger partial charge in [0.2, 0.25) is 5.91 Å². The van der Waals surface area contributed by atoms with Crippen LogP contribution in [0, 0.1) is 11.3 Å². The van der Waals surface area contributed by atoms with E-state index in [0.717, 1.165) is 49.3 Å². The molecule has 1 saturated heterocycles. The number of hydrogen-bond donors (Lipinski definition) is 1. The number of rotatable bonds is 3. The van der Waals surface area contributed by atoms with Crippen LogP contribution in [0.4, 0.5) is 0 Å². The van der Waals surface area contributed by atoms with Crippen molar-refractivity contribution in [3.8, 4) is 11.3 Å². The topological polar surface area (TPSA) is 74.8 Å². The molecule has 6 nitrogen and oxygen atoms in total. The number of amides is 1. The Hall–Kier alpha value is -2.24. The zero-order chi connectivity index (χ0) is 17.2. The van der Waals surface area contributed by atoms with Crippen molar-refractivity contribution in [3.63, 3.8) is 0 Å². The van der Waals surface area contributed by atoms with Gasteiger partial charge >= 0.3 is 0 Å². The fourth-order valence-corrected chi connectivity index (χ4v) is 3.19. The standard InChI is InChI=1S/C18H25N5O/c1-18(2,3)17(24)23-6-4-5-13(12-23)7-15-10-20-16(11-19-15)14-8-21-22-9-14/h8-11,13H,4-7,12H2,1-3H3,(H,21,22)/t13-/m1/s1. The van der Waals surface area contributed by atoms with Crippen molar-refractivity contribution in [2.45, 2.75) is 40.0 Å². The number of aromatic amines is 1. The highest BCUT2D eigenvalue weighted by atomic mass is 16.2. The summed E-state index contributed by atoms with van der Waals surface area (Å²) in [5, 5.41) is 6.71. The summed E-state index contributed by atoms with van der Waals surface area (Å²) in [6.07, 6.45) is 10.2. The number of piperidine rings is 1. The van der Waals surface area contributed by atoms with Gasteiger partial charge in [0.15, 0.2) is 0 Å². The maximum Gasteiger partial charge on any atom is 0.227 e. The summed E-state index contributed by atoms with van der Waals surface area (Å²) in [5.74, 6) is 0.702. The van der Waals surface area contributed by atoms with Gasteiger partial charge in [0.1, 0.15) is 0 Å². The maximum absolute atomic E-state index is 12.5. The number of likely N-dealkylation sites (tertiary alicyclic amines) is 1. The van der Waals surface area contributed by atoms with Crippen LogP contribution in [0.1, 0.15) is 39.3 Å². The van der Waals surface area contributed by atoms with Gasteiger partial charge in [-0.15, -0.1) is 0 Å². The molecule has 0 aliphatic carbocycles. The molecule has 128 valence electrons. The first-order valence-electron chi connectivity index (χ1n) is 8.53. The SMILES string of the molecule is CC(C)(C)C(=O)N1CCC[C@H](Cc2cnc(-c3cn[nH]c3)cn2)C1. The van der Waals surface area contributed by atoms with Crippen molar-refractivity contribution in [1.82, 2.24) is 25.1 Å². The molecule has 3 rings (SSSR count). The summed E-state index contributed by atoms with van der Waals surface area (Å²) in [6.45, 7) is 7.65. The van der Waals surface area contributed by atoms with Crippen molar-refractivity contribution < 1.29 is 4.79 Å². The van der Waals surface area contributed by atoms with E-state index < -0.39 is 0 Å². The summed E-state index contributed by atoms with van der Waals surface area (Å²) >= 11 is 0. The molecule has 2 aromatic rings. The predicted octanol–water partition coefficient (Wildman–Crippen LogP) is 2.69. The second-order valence-electron chi connectivity index (χ2n) is 7.59. The van der Waals surface area contributed by atoms with Gasteiger partial charge in [-0.05, 0) is 25.2 Å². The Kier molecular flexibility index (Phi) is 4.64. The van der Waals surface area contributed by atoms with E-state index in [4.69, 9.17) is 0 Å². The molecule has 0 unspecified atom stereocenters. The van der Waals surface area contributed by atoms with E-state index in [-0.39, 0.29) is 11.3 Å². The van der Waals surface area contributed by atoms with Crippen molar-refractivity contribution in [2.24, 2.45) is 11.3 Å². The largest absolute Gasteiger partial charge is 0.342 e. The Balaban J connectivity index is 1.62. The number of nitrogens with zero attached hydrogens (tertiary/aromatic N) is 4. The van der Waals surface area contributed by atoms with E-state index in [9.17, 15) is 4.79 Å². The smallest absolute Gasteiger partial charge is 0.227 e. The quantitative estimate of drug-likeness (QED) is 0.940. The van der Waals surface area contributed by atoms with Crippen molar-refractivity contribution in [2.75, 3.05) is 13.1 Å². The molecule has 3 heterocycles. The molecule has 1 fully saturated rings. The Morgan fingerprint density at radius 2 is 2.12 bits per heavy atom. The zero-order valence-corrected chi connectivity index (χ0v) is 14.6. The third-order valence-corrected chi connectivity index (χ3v) is 4.44. The van der Waals surface area contributed by atoms with Gasteiger partial charge in [0, 0.05) is 36.5 Å². The molecule has 0 bridgehead atoms. The predicted molar refractivity (Wildman–Crippen MR) is 92.1 cm³/mol. The van der Waals surface area contributed by atoms with Gasteiger partial charge in [-0.25, -0.2) is 0 Å². The van der Waals surface area contributed by atoms with Gasteiger partial charge in [0.05, 0.1) is 23.8 Å². The normalized spacial score (nSPS) is 18.6. The second-order valence-corrected chi connectivity index (χ2v) is 7.59. The summed E-state index contributed by atoms with van der Waals surface area (Å²) in [4.78, 5) is 23.5. The summed E-state index contributed by atoms with van der Waals surface area (Å²) < 4.78 is 0. The lowest BCUT2D eigenvalue weighted by atomic mass is 9.89. The van der Waals surface area contributed by atoms with E-state index in [0.29, 0.717) is 5.92 Å². The molecule has 1 aliphatic heterocycles. The first-order chi connectivity index (χ1) is 11.4. The number of carbonyl (C=O) groups is 1.